The van der Waals surface area contributed by atoms with Gasteiger partial charge in [0.05, 0.1) is 10.9 Å². The second-order valence-electron chi connectivity index (χ2n) is 4.08. The Labute approximate surface area is 130 Å². The van der Waals surface area contributed by atoms with Gasteiger partial charge in [-0.15, -0.1) is 11.3 Å². The number of sulfonamides is 1. The van der Waals surface area contributed by atoms with Crippen LogP contribution in [-0.2, 0) is 14.8 Å². The van der Waals surface area contributed by atoms with Crippen LogP contribution in [0.2, 0.25) is 0 Å². The number of esters is 1. The Bertz CT molecular complexity index is 571. The molecule has 1 atom stereocenters. The van der Waals surface area contributed by atoms with E-state index in [0.717, 1.165) is 17.8 Å². The molecule has 1 aromatic heterocycles. The monoisotopic (exact) mass is 384 g/mol. The quantitative estimate of drug-likeness (QED) is 0.697. The summed E-state index contributed by atoms with van der Waals surface area (Å²) in [5.41, 5.74) is 5.55. The molecule has 0 saturated carbocycles. The molecule has 0 saturated heterocycles. The lowest BCUT2D eigenvalue weighted by atomic mass is 10.2. The topological polar surface area (TPSA) is 98.5 Å². The van der Waals surface area contributed by atoms with Crippen LogP contribution in [0.1, 0.15) is 29.4 Å². The number of ether oxygens (including phenoxy) is 1. The molecular formula is C11H17BrN2O4S2. The van der Waals surface area contributed by atoms with Crippen molar-refractivity contribution in [3.63, 3.8) is 0 Å². The summed E-state index contributed by atoms with van der Waals surface area (Å²) in [6, 6.07) is 0.973. The van der Waals surface area contributed by atoms with Gasteiger partial charge < -0.3 is 10.5 Å². The highest BCUT2D eigenvalue weighted by Gasteiger charge is 2.25. The standard InChI is InChI=1S/C11H17BrN2O4S2/c1-3-4-7(6-13)14-20(16,17)9-5-8(11(15)18-2)19-10(9)12/h5,7,14H,3-4,6,13H2,1-2H3. The number of carbonyl (C=O) groups is 1. The van der Waals surface area contributed by atoms with Gasteiger partial charge in [0.1, 0.15) is 9.77 Å². The van der Waals surface area contributed by atoms with Crippen LogP contribution in [0.15, 0.2) is 14.7 Å². The van der Waals surface area contributed by atoms with Crippen molar-refractivity contribution in [2.45, 2.75) is 30.7 Å². The van der Waals surface area contributed by atoms with Crippen LogP contribution in [0.5, 0.6) is 0 Å². The smallest absolute Gasteiger partial charge is 0.348 e. The molecular weight excluding hydrogens is 368 g/mol. The van der Waals surface area contributed by atoms with Crippen molar-refractivity contribution in [2.24, 2.45) is 5.73 Å². The van der Waals surface area contributed by atoms with Crippen molar-refractivity contribution in [3.05, 3.63) is 14.7 Å². The van der Waals surface area contributed by atoms with Crippen LogP contribution >= 0.6 is 27.3 Å². The van der Waals surface area contributed by atoms with E-state index in [9.17, 15) is 13.2 Å². The zero-order valence-electron chi connectivity index (χ0n) is 11.2. The summed E-state index contributed by atoms with van der Waals surface area (Å²) in [6.07, 6.45) is 1.48. The number of hydrogen-bond donors (Lipinski definition) is 2. The largest absolute Gasteiger partial charge is 0.465 e. The van der Waals surface area contributed by atoms with Gasteiger partial charge in [0.25, 0.3) is 0 Å². The van der Waals surface area contributed by atoms with E-state index in [0.29, 0.717) is 10.2 Å². The molecule has 0 aromatic carbocycles. The molecule has 114 valence electrons. The number of halogens is 1. The van der Waals surface area contributed by atoms with Crippen LogP contribution < -0.4 is 10.5 Å². The fraction of sp³-hybridized carbons (Fsp3) is 0.545. The molecule has 1 heterocycles. The number of thiophene rings is 1. The van der Waals surface area contributed by atoms with Crippen LogP contribution in [0.25, 0.3) is 0 Å². The van der Waals surface area contributed by atoms with Crippen LogP contribution in [0.4, 0.5) is 0 Å². The molecule has 1 unspecified atom stereocenters. The van der Waals surface area contributed by atoms with E-state index in [1.54, 1.807) is 0 Å². The molecule has 0 bridgehead atoms. The lowest BCUT2D eigenvalue weighted by Gasteiger charge is -2.15. The van der Waals surface area contributed by atoms with E-state index in [4.69, 9.17) is 5.73 Å². The minimum atomic E-state index is -3.72. The van der Waals surface area contributed by atoms with Crippen molar-refractivity contribution >= 4 is 43.3 Å². The zero-order chi connectivity index (χ0) is 15.3. The van der Waals surface area contributed by atoms with Gasteiger partial charge in [-0.05, 0) is 28.4 Å². The summed E-state index contributed by atoms with van der Waals surface area (Å²) in [4.78, 5) is 11.7. The number of nitrogens with one attached hydrogen (secondary N) is 1. The summed E-state index contributed by atoms with van der Waals surface area (Å²) in [5, 5.41) is 0. The molecule has 1 aromatic rings. The van der Waals surface area contributed by atoms with E-state index in [1.807, 2.05) is 6.92 Å². The molecule has 9 heteroatoms. The van der Waals surface area contributed by atoms with Gasteiger partial charge in [-0.25, -0.2) is 17.9 Å². The zero-order valence-corrected chi connectivity index (χ0v) is 14.4. The van der Waals surface area contributed by atoms with E-state index in [-0.39, 0.29) is 22.4 Å². The summed E-state index contributed by atoms with van der Waals surface area (Å²) in [5.74, 6) is -0.568. The predicted molar refractivity (Wildman–Crippen MR) is 81.4 cm³/mol. The molecule has 1 rings (SSSR count). The lowest BCUT2D eigenvalue weighted by molar-refractivity contribution is 0.0606. The second kappa shape index (κ2) is 7.51. The molecule has 0 spiro atoms. The first-order chi connectivity index (χ1) is 9.35. The Morgan fingerprint density at radius 1 is 1.60 bits per heavy atom. The number of nitrogens with two attached hydrogens (primary N) is 1. The predicted octanol–water partition coefficient (Wildman–Crippen LogP) is 1.70. The number of hydrogen-bond acceptors (Lipinski definition) is 6. The van der Waals surface area contributed by atoms with Crippen molar-refractivity contribution in [3.8, 4) is 0 Å². The summed E-state index contributed by atoms with van der Waals surface area (Å²) in [7, 11) is -2.48. The summed E-state index contributed by atoms with van der Waals surface area (Å²) in [6.45, 7) is 2.17. The first-order valence-corrected chi connectivity index (χ1v) is 9.05. The maximum Gasteiger partial charge on any atom is 0.348 e. The molecule has 0 aliphatic rings. The Kier molecular flexibility index (Phi) is 6.59. The molecule has 0 fully saturated rings. The Balaban J connectivity index is 3.03. The normalized spacial score (nSPS) is 13.2. The van der Waals surface area contributed by atoms with Crippen molar-refractivity contribution < 1.29 is 17.9 Å². The van der Waals surface area contributed by atoms with Crippen molar-refractivity contribution in [1.82, 2.24) is 4.72 Å². The lowest BCUT2D eigenvalue weighted by Crippen LogP contribution is -2.39. The maximum atomic E-state index is 12.3. The second-order valence-corrected chi connectivity index (χ2v) is 8.14. The average molecular weight is 385 g/mol. The van der Waals surface area contributed by atoms with E-state index >= 15 is 0 Å². The maximum absolute atomic E-state index is 12.3. The highest BCUT2D eigenvalue weighted by Crippen LogP contribution is 2.32. The van der Waals surface area contributed by atoms with Gasteiger partial charge in [0, 0.05) is 12.6 Å². The highest BCUT2D eigenvalue weighted by atomic mass is 79.9. The minimum absolute atomic E-state index is 0.0254. The van der Waals surface area contributed by atoms with Gasteiger partial charge >= 0.3 is 5.97 Å². The Hall–Kier alpha value is -0.480. The fourth-order valence-corrected chi connectivity index (χ4v) is 5.36. The Morgan fingerprint density at radius 2 is 2.25 bits per heavy atom. The molecule has 0 amide bonds. The van der Waals surface area contributed by atoms with Gasteiger partial charge in [-0.1, -0.05) is 13.3 Å². The third-order valence-corrected chi connectivity index (χ3v) is 6.33. The van der Waals surface area contributed by atoms with Gasteiger partial charge in [-0.2, -0.15) is 0 Å². The number of methoxy groups -OCH3 is 1. The molecule has 0 aliphatic carbocycles. The van der Waals surface area contributed by atoms with Crippen LogP contribution in [0, 0.1) is 0 Å². The van der Waals surface area contributed by atoms with Gasteiger partial charge in [0.2, 0.25) is 10.0 Å². The summed E-state index contributed by atoms with van der Waals surface area (Å²) >= 11 is 4.18. The van der Waals surface area contributed by atoms with Crippen LogP contribution in [0.3, 0.4) is 0 Å². The van der Waals surface area contributed by atoms with Gasteiger partial charge in [-0.3, -0.25) is 0 Å². The molecule has 20 heavy (non-hydrogen) atoms. The van der Waals surface area contributed by atoms with E-state index in [1.165, 1.54) is 13.2 Å². The summed E-state index contributed by atoms with van der Waals surface area (Å²) < 4.78 is 32.0. The third kappa shape index (κ3) is 4.26. The Morgan fingerprint density at radius 3 is 2.75 bits per heavy atom. The fourth-order valence-electron chi connectivity index (χ4n) is 1.59. The van der Waals surface area contributed by atoms with Crippen LogP contribution in [-0.4, -0.2) is 34.1 Å². The highest BCUT2D eigenvalue weighted by molar-refractivity contribution is 9.11. The van der Waals surface area contributed by atoms with E-state index < -0.39 is 16.0 Å². The average Bonchev–Trinajstić information content (AvgIpc) is 2.80. The third-order valence-electron chi connectivity index (χ3n) is 2.58. The number of carbonyl (C=O) groups excluding carboxylic acids is 1. The molecule has 0 aliphatic heterocycles. The van der Waals surface area contributed by atoms with E-state index in [2.05, 4.69) is 25.4 Å². The molecule has 0 radical (unpaired) electrons. The minimum Gasteiger partial charge on any atom is -0.465 e. The number of rotatable bonds is 7. The first-order valence-electron chi connectivity index (χ1n) is 5.95. The SMILES string of the molecule is CCCC(CN)NS(=O)(=O)c1cc(C(=O)OC)sc1Br. The van der Waals surface area contributed by atoms with Crippen molar-refractivity contribution in [2.75, 3.05) is 13.7 Å². The molecule has 3 N–H and O–H groups in total. The van der Waals surface area contributed by atoms with Gasteiger partial charge in [0.15, 0.2) is 0 Å². The molecule has 6 nitrogen and oxygen atoms in total. The first kappa shape index (κ1) is 17.6. The van der Waals surface area contributed by atoms with Crippen molar-refractivity contribution in [1.29, 1.82) is 0 Å².